The van der Waals surface area contributed by atoms with E-state index in [4.69, 9.17) is 9.47 Å². The molecule has 2 aliphatic rings. The van der Waals surface area contributed by atoms with E-state index in [-0.39, 0.29) is 0 Å². The predicted molar refractivity (Wildman–Crippen MR) is 120 cm³/mol. The molecule has 0 aromatic heterocycles. The van der Waals surface area contributed by atoms with Crippen LogP contribution < -0.4 is 10.2 Å². The number of nitrogens with zero attached hydrogens (tertiary/aromatic N) is 3. The van der Waals surface area contributed by atoms with Gasteiger partial charge in [0.25, 0.3) is 0 Å². The maximum Gasteiger partial charge on any atom is 0.193 e. The molecule has 6 nitrogen and oxygen atoms in total. The smallest absolute Gasteiger partial charge is 0.193 e. The van der Waals surface area contributed by atoms with E-state index in [1.54, 1.807) is 0 Å². The molecule has 162 valence electrons. The maximum absolute atomic E-state index is 5.94. The van der Waals surface area contributed by atoms with Crippen LogP contribution in [0, 0.1) is 0 Å². The van der Waals surface area contributed by atoms with Gasteiger partial charge < -0.3 is 24.6 Å². The third-order valence-electron chi connectivity index (χ3n) is 5.78. The Morgan fingerprint density at radius 2 is 1.90 bits per heavy atom. The Kier molecular flexibility index (Phi) is 9.09. The zero-order valence-electron chi connectivity index (χ0n) is 18.2. The van der Waals surface area contributed by atoms with Gasteiger partial charge in [0.1, 0.15) is 0 Å². The van der Waals surface area contributed by atoms with E-state index in [9.17, 15) is 0 Å². The van der Waals surface area contributed by atoms with Crippen LogP contribution in [0.3, 0.4) is 0 Å². The van der Waals surface area contributed by atoms with Crippen molar-refractivity contribution < 1.29 is 9.47 Å². The first-order valence-electron chi connectivity index (χ1n) is 11.2. The van der Waals surface area contributed by atoms with Crippen LogP contribution >= 0.6 is 0 Å². The Morgan fingerprint density at radius 3 is 2.59 bits per heavy atom. The number of nitrogens with one attached hydrogen (secondary N) is 1. The number of rotatable bonds is 8. The molecule has 1 aromatic rings. The Hall–Kier alpha value is -1.79. The first-order chi connectivity index (χ1) is 14.3. The number of guanidine groups is 1. The van der Waals surface area contributed by atoms with E-state index in [0.717, 1.165) is 58.1 Å². The summed E-state index contributed by atoms with van der Waals surface area (Å²) in [4.78, 5) is 9.10. The minimum Gasteiger partial charge on any atom is -0.381 e. The van der Waals surface area contributed by atoms with Crippen molar-refractivity contribution in [2.24, 2.45) is 4.99 Å². The number of aliphatic imine (C=N–C) groups is 1. The molecule has 0 unspecified atom stereocenters. The Labute approximate surface area is 176 Å². The minimum atomic E-state index is 0.374. The van der Waals surface area contributed by atoms with Crippen LogP contribution in [0.5, 0.6) is 0 Å². The highest BCUT2D eigenvalue weighted by atomic mass is 16.5. The Morgan fingerprint density at radius 1 is 1.17 bits per heavy atom. The zero-order chi connectivity index (χ0) is 20.3. The topological polar surface area (TPSA) is 49.3 Å². The Bertz CT molecular complexity index is 608. The molecule has 1 N–H and O–H groups in total. The molecule has 3 rings (SSSR count). The van der Waals surface area contributed by atoms with Crippen molar-refractivity contribution in [3.05, 3.63) is 29.8 Å². The standard InChI is InChI=1S/C23H38N4O2/c1-24-23(25-13-6-16-29-22-11-17-28-18-12-22)26(2)19-20-7-9-21(10-8-20)27-14-4-3-5-15-27/h7-10,22H,3-6,11-19H2,1-2H3,(H,24,25). The molecule has 0 aliphatic carbocycles. The predicted octanol–water partition coefficient (Wildman–Crippen LogP) is 3.27. The van der Waals surface area contributed by atoms with Crippen molar-refractivity contribution in [2.75, 3.05) is 58.5 Å². The summed E-state index contributed by atoms with van der Waals surface area (Å²) in [6.07, 6.45) is 7.39. The monoisotopic (exact) mass is 402 g/mol. The molecule has 0 bridgehead atoms. The van der Waals surface area contributed by atoms with Crippen molar-refractivity contribution in [1.29, 1.82) is 0 Å². The lowest BCUT2D eigenvalue weighted by Gasteiger charge is -2.29. The summed E-state index contributed by atoms with van der Waals surface area (Å²) in [5.74, 6) is 0.927. The molecule has 2 fully saturated rings. The largest absolute Gasteiger partial charge is 0.381 e. The minimum absolute atomic E-state index is 0.374. The lowest BCUT2D eigenvalue weighted by atomic mass is 10.1. The van der Waals surface area contributed by atoms with Crippen molar-refractivity contribution in [1.82, 2.24) is 10.2 Å². The lowest BCUT2D eigenvalue weighted by Crippen LogP contribution is -2.39. The summed E-state index contributed by atoms with van der Waals surface area (Å²) in [5.41, 5.74) is 2.65. The lowest BCUT2D eigenvalue weighted by molar-refractivity contribution is -0.0320. The molecule has 29 heavy (non-hydrogen) atoms. The fourth-order valence-electron chi connectivity index (χ4n) is 4.06. The second-order valence-electron chi connectivity index (χ2n) is 8.08. The van der Waals surface area contributed by atoms with E-state index >= 15 is 0 Å². The first kappa shape index (κ1) is 21.9. The molecule has 0 amide bonds. The highest BCUT2D eigenvalue weighted by Gasteiger charge is 2.14. The van der Waals surface area contributed by atoms with E-state index in [1.165, 1.54) is 43.6 Å². The number of ether oxygens (including phenoxy) is 2. The molecule has 6 heteroatoms. The molecule has 2 heterocycles. The quantitative estimate of drug-likeness (QED) is 0.411. The third-order valence-corrected chi connectivity index (χ3v) is 5.78. The average molecular weight is 403 g/mol. The van der Waals surface area contributed by atoms with Gasteiger partial charge in [-0.25, -0.2) is 0 Å². The van der Waals surface area contributed by atoms with E-state index in [0.29, 0.717) is 6.10 Å². The van der Waals surface area contributed by atoms with Gasteiger partial charge in [0.2, 0.25) is 0 Å². The molecule has 0 saturated carbocycles. The fraction of sp³-hybridized carbons (Fsp3) is 0.696. The third kappa shape index (κ3) is 7.19. The van der Waals surface area contributed by atoms with E-state index in [1.807, 2.05) is 7.05 Å². The molecule has 0 radical (unpaired) electrons. The van der Waals surface area contributed by atoms with Crippen LogP contribution in [0.25, 0.3) is 0 Å². The number of hydrogen-bond donors (Lipinski definition) is 1. The number of anilines is 1. The molecule has 0 atom stereocenters. The van der Waals surface area contributed by atoms with Gasteiger partial charge in [-0.2, -0.15) is 0 Å². The Balaban J connectivity index is 1.37. The maximum atomic E-state index is 5.94. The normalized spacial score (nSPS) is 18.7. The van der Waals surface area contributed by atoms with Crippen molar-refractivity contribution in [3.63, 3.8) is 0 Å². The highest BCUT2D eigenvalue weighted by molar-refractivity contribution is 5.79. The molecular formula is C23H38N4O2. The van der Waals surface area contributed by atoms with Gasteiger partial charge in [0.05, 0.1) is 6.10 Å². The van der Waals surface area contributed by atoms with Crippen LogP contribution in [-0.2, 0) is 16.0 Å². The average Bonchev–Trinajstić information content (AvgIpc) is 2.78. The van der Waals surface area contributed by atoms with Crippen molar-refractivity contribution in [2.45, 2.75) is 51.2 Å². The van der Waals surface area contributed by atoms with Gasteiger partial charge in [-0.05, 0) is 56.2 Å². The first-order valence-corrected chi connectivity index (χ1v) is 11.2. The zero-order valence-corrected chi connectivity index (χ0v) is 18.2. The number of piperidine rings is 1. The van der Waals surface area contributed by atoms with Gasteiger partial charge in [-0.1, -0.05) is 12.1 Å². The summed E-state index contributed by atoms with van der Waals surface area (Å²) in [6, 6.07) is 9.02. The summed E-state index contributed by atoms with van der Waals surface area (Å²) < 4.78 is 11.3. The summed E-state index contributed by atoms with van der Waals surface area (Å²) in [6.45, 7) is 6.55. The summed E-state index contributed by atoms with van der Waals surface area (Å²) in [7, 11) is 3.93. The molecular weight excluding hydrogens is 364 g/mol. The van der Waals surface area contributed by atoms with Crippen LogP contribution in [-0.4, -0.2) is 70.5 Å². The van der Waals surface area contributed by atoms with Crippen LogP contribution in [0.1, 0.15) is 44.1 Å². The second-order valence-corrected chi connectivity index (χ2v) is 8.08. The van der Waals surface area contributed by atoms with Crippen LogP contribution in [0.2, 0.25) is 0 Å². The SMILES string of the molecule is CN=C(NCCCOC1CCOCC1)N(C)Cc1ccc(N2CCCCC2)cc1. The highest BCUT2D eigenvalue weighted by Crippen LogP contribution is 2.20. The van der Waals surface area contributed by atoms with Gasteiger partial charge in [-0.3, -0.25) is 4.99 Å². The second kappa shape index (κ2) is 12.0. The van der Waals surface area contributed by atoms with E-state index in [2.05, 4.69) is 51.4 Å². The van der Waals surface area contributed by atoms with Crippen molar-refractivity contribution in [3.8, 4) is 0 Å². The number of hydrogen-bond acceptors (Lipinski definition) is 4. The van der Waals surface area contributed by atoms with Crippen LogP contribution in [0.4, 0.5) is 5.69 Å². The van der Waals surface area contributed by atoms with Gasteiger partial charge >= 0.3 is 0 Å². The van der Waals surface area contributed by atoms with Gasteiger partial charge in [0.15, 0.2) is 5.96 Å². The molecule has 0 spiro atoms. The van der Waals surface area contributed by atoms with Gasteiger partial charge in [-0.15, -0.1) is 0 Å². The molecule has 2 saturated heterocycles. The molecule has 2 aliphatic heterocycles. The summed E-state index contributed by atoms with van der Waals surface area (Å²) >= 11 is 0. The number of benzene rings is 1. The fourth-order valence-corrected chi connectivity index (χ4v) is 4.06. The van der Waals surface area contributed by atoms with Crippen molar-refractivity contribution >= 4 is 11.6 Å². The van der Waals surface area contributed by atoms with Crippen LogP contribution in [0.15, 0.2) is 29.3 Å². The van der Waals surface area contributed by atoms with Gasteiger partial charge in [0, 0.05) is 65.8 Å². The molecule has 1 aromatic carbocycles. The van der Waals surface area contributed by atoms with E-state index < -0.39 is 0 Å². The summed E-state index contributed by atoms with van der Waals surface area (Å²) in [5, 5.41) is 3.45.